The Hall–Kier alpha value is -0.990. The van der Waals surface area contributed by atoms with E-state index in [2.05, 4.69) is 6.92 Å². The van der Waals surface area contributed by atoms with E-state index in [1.807, 2.05) is 19.1 Å². The summed E-state index contributed by atoms with van der Waals surface area (Å²) in [5, 5.41) is 0. The van der Waals surface area contributed by atoms with Gasteiger partial charge in [0.15, 0.2) is 0 Å². The second-order valence-electron chi connectivity index (χ2n) is 2.62. The van der Waals surface area contributed by atoms with E-state index in [0.717, 1.165) is 19.3 Å². The number of carbonyl (C=O) groups is 1. The van der Waals surface area contributed by atoms with E-state index in [1.54, 1.807) is 0 Å². The summed E-state index contributed by atoms with van der Waals surface area (Å²) < 4.78 is 9.49. The van der Waals surface area contributed by atoms with Crippen molar-refractivity contribution in [3.8, 4) is 0 Å². The van der Waals surface area contributed by atoms with Crippen LogP contribution < -0.4 is 0 Å². The molecular formula is C10H18O3. The first-order valence-corrected chi connectivity index (χ1v) is 4.75. The fourth-order valence-electron chi connectivity index (χ4n) is 0.722. The van der Waals surface area contributed by atoms with Gasteiger partial charge in [0.1, 0.15) is 0 Å². The lowest BCUT2D eigenvalue weighted by atomic mass is 10.3. The maximum Gasteiger partial charge on any atom is 0.508 e. The van der Waals surface area contributed by atoms with Crippen LogP contribution in [0.1, 0.15) is 33.1 Å². The van der Waals surface area contributed by atoms with Crippen LogP contribution in [0.15, 0.2) is 12.2 Å². The molecule has 0 saturated carbocycles. The molecule has 0 aliphatic heterocycles. The second-order valence-corrected chi connectivity index (χ2v) is 2.62. The van der Waals surface area contributed by atoms with Gasteiger partial charge in [-0.25, -0.2) is 4.79 Å². The zero-order valence-corrected chi connectivity index (χ0v) is 8.41. The van der Waals surface area contributed by atoms with Gasteiger partial charge in [0, 0.05) is 0 Å². The standard InChI is InChI=1S/C10H18O3/c1-3-5-6-7-9-13-10(11)12-8-4-2/h5-6H,3-4,7-9H2,1-2H3/b6-5-. The zero-order valence-electron chi connectivity index (χ0n) is 8.41. The molecule has 0 aromatic rings. The molecule has 0 rings (SSSR count). The van der Waals surface area contributed by atoms with Gasteiger partial charge < -0.3 is 9.47 Å². The van der Waals surface area contributed by atoms with Crippen molar-refractivity contribution in [2.75, 3.05) is 13.2 Å². The van der Waals surface area contributed by atoms with Gasteiger partial charge in [-0.1, -0.05) is 26.0 Å². The monoisotopic (exact) mass is 186 g/mol. The number of rotatable bonds is 6. The maximum absolute atomic E-state index is 10.8. The number of hydrogen-bond donors (Lipinski definition) is 0. The Labute approximate surface area is 79.7 Å². The molecule has 13 heavy (non-hydrogen) atoms. The van der Waals surface area contributed by atoms with Gasteiger partial charge in [0.25, 0.3) is 0 Å². The van der Waals surface area contributed by atoms with Crippen LogP contribution in [-0.4, -0.2) is 19.4 Å². The summed E-state index contributed by atoms with van der Waals surface area (Å²) in [6, 6.07) is 0. The normalized spacial score (nSPS) is 10.3. The molecule has 0 fully saturated rings. The van der Waals surface area contributed by atoms with E-state index >= 15 is 0 Å². The molecule has 0 aliphatic carbocycles. The molecule has 0 aromatic carbocycles. The Kier molecular flexibility index (Phi) is 8.41. The SMILES string of the molecule is CC/C=C\CCOC(=O)OCCC. The van der Waals surface area contributed by atoms with Gasteiger partial charge in [-0.2, -0.15) is 0 Å². The fraction of sp³-hybridized carbons (Fsp3) is 0.700. The first-order valence-electron chi connectivity index (χ1n) is 4.75. The molecule has 0 amide bonds. The molecular weight excluding hydrogens is 168 g/mol. The Morgan fingerprint density at radius 3 is 2.46 bits per heavy atom. The molecule has 0 radical (unpaired) electrons. The fourth-order valence-corrected chi connectivity index (χ4v) is 0.722. The van der Waals surface area contributed by atoms with Crippen molar-refractivity contribution < 1.29 is 14.3 Å². The average molecular weight is 186 g/mol. The van der Waals surface area contributed by atoms with Crippen molar-refractivity contribution in [1.82, 2.24) is 0 Å². The van der Waals surface area contributed by atoms with Crippen molar-refractivity contribution in [3.05, 3.63) is 12.2 Å². The van der Waals surface area contributed by atoms with Gasteiger partial charge in [0.2, 0.25) is 0 Å². The molecule has 0 saturated heterocycles. The Morgan fingerprint density at radius 1 is 1.15 bits per heavy atom. The third-order valence-corrected chi connectivity index (χ3v) is 1.33. The van der Waals surface area contributed by atoms with Gasteiger partial charge in [-0.15, -0.1) is 0 Å². The van der Waals surface area contributed by atoms with Crippen molar-refractivity contribution in [2.24, 2.45) is 0 Å². The molecule has 3 nitrogen and oxygen atoms in total. The van der Waals surface area contributed by atoms with Crippen LogP contribution in [0.5, 0.6) is 0 Å². The Balaban J connectivity index is 3.21. The molecule has 0 heterocycles. The largest absolute Gasteiger partial charge is 0.508 e. The zero-order chi connectivity index (χ0) is 9.94. The number of hydrogen-bond acceptors (Lipinski definition) is 3. The van der Waals surface area contributed by atoms with E-state index in [0.29, 0.717) is 13.2 Å². The van der Waals surface area contributed by atoms with Crippen LogP contribution in [0.2, 0.25) is 0 Å². The Bertz CT molecular complexity index is 152. The number of ether oxygens (including phenoxy) is 2. The molecule has 0 spiro atoms. The van der Waals surface area contributed by atoms with Crippen LogP contribution in [0.4, 0.5) is 4.79 Å². The summed E-state index contributed by atoms with van der Waals surface area (Å²) >= 11 is 0. The summed E-state index contributed by atoms with van der Waals surface area (Å²) in [6.07, 6.45) is 6.07. The maximum atomic E-state index is 10.8. The molecule has 3 heteroatoms. The number of carbonyl (C=O) groups excluding carboxylic acids is 1. The summed E-state index contributed by atoms with van der Waals surface area (Å²) in [7, 11) is 0. The van der Waals surface area contributed by atoms with Crippen LogP contribution in [0.25, 0.3) is 0 Å². The third-order valence-electron chi connectivity index (χ3n) is 1.33. The average Bonchev–Trinajstić information content (AvgIpc) is 2.14. The minimum Gasteiger partial charge on any atom is -0.434 e. The molecule has 0 aromatic heterocycles. The lowest BCUT2D eigenvalue weighted by Crippen LogP contribution is -2.08. The highest BCUT2D eigenvalue weighted by molar-refractivity contribution is 5.59. The van der Waals surface area contributed by atoms with Gasteiger partial charge in [0.05, 0.1) is 13.2 Å². The quantitative estimate of drug-likeness (QED) is 0.363. The van der Waals surface area contributed by atoms with Crippen LogP contribution in [-0.2, 0) is 9.47 Å². The number of allylic oxidation sites excluding steroid dienone is 1. The highest BCUT2D eigenvalue weighted by Gasteiger charge is 1.99. The van der Waals surface area contributed by atoms with E-state index in [1.165, 1.54) is 0 Å². The lowest BCUT2D eigenvalue weighted by molar-refractivity contribution is 0.0566. The molecule has 0 aliphatic rings. The topological polar surface area (TPSA) is 35.5 Å². The highest BCUT2D eigenvalue weighted by atomic mass is 16.7. The predicted molar refractivity (Wildman–Crippen MR) is 51.6 cm³/mol. The third kappa shape index (κ3) is 8.92. The minimum absolute atomic E-state index is 0.402. The first kappa shape index (κ1) is 12.0. The minimum atomic E-state index is -0.563. The lowest BCUT2D eigenvalue weighted by Gasteiger charge is -2.02. The predicted octanol–water partition coefficient (Wildman–Crippen LogP) is 2.91. The first-order chi connectivity index (χ1) is 6.31. The van der Waals surface area contributed by atoms with E-state index in [4.69, 9.17) is 9.47 Å². The molecule has 0 unspecified atom stereocenters. The second kappa shape index (κ2) is 9.10. The van der Waals surface area contributed by atoms with Crippen LogP contribution >= 0.6 is 0 Å². The molecule has 0 atom stereocenters. The van der Waals surface area contributed by atoms with Gasteiger partial charge in [-0.3, -0.25) is 0 Å². The van der Waals surface area contributed by atoms with Crippen molar-refractivity contribution in [2.45, 2.75) is 33.1 Å². The van der Waals surface area contributed by atoms with Crippen molar-refractivity contribution >= 4 is 6.16 Å². The van der Waals surface area contributed by atoms with Crippen LogP contribution in [0.3, 0.4) is 0 Å². The smallest absolute Gasteiger partial charge is 0.434 e. The van der Waals surface area contributed by atoms with Crippen molar-refractivity contribution in [1.29, 1.82) is 0 Å². The molecule has 0 N–H and O–H groups in total. The summed E-state index contributed by atoms with van der Waals surface area (Å²) in [5.41, 5.74) is 0. The van der Waals surface area contributed by atoms with E-state index < -0.39 is 6.16 Å². The Morgan fingerprint density at radius 2 is 1.85 bits per heavy atom. The highest BCUT2D eigenvalue weighted by Crippen LogP contribution is 1.91. The van der Waals surface area contributed by atoms with Gasteiger partial charge in [-0.05, 0) is 19.3 Å². The summed E-state index contributed by atoms with van der Waals surface area (Å²) in [6.45, 7) is 4.84. The van der Waals surface area contributed by atoms with E-state index in [-0.39, 0.29) is 0 Å². The molecule has 0 bridgehead atoms. The van der Waals surface area contributed by atoms with E-state index in [9.17, 15) is 4.79 Å². The van der Waals surface area contributed by atoms with Crippen LogP contribution in [0, 0.1) is 0 Å². The summed E-state index contributed by atoms with van der Waals surface area (Å²) in [4.78, 5) is 10.8. The summed E-state index contributed by atoms with van der Waals surface area (Å²) in [5.74, 6) is 0. The molecule has 76 valence electrons. The van der Waals surface area contributed by atoms with Crippen molar-refractivity contribution in [3.63, 3.8) is 0 Å². The van der Waals surface area contributed by atoms with Gasteiger partial charge >= 0.3 is 6.16 Å².